The normalized spacial score (nSPS) is 10.6. The van der Waals surface area contributed by atoms with Gasteiger partial charge in [0.1, 0.15) is 11.6 Å². The summed E-state index contributed by atoms with van der Waals surface area (Å²) in [5, 5.41) is 2.75. The maximum atomic E-state index is 13.4. The standard InChI is InChI=1S/C14H12BrF2NOS/c15-13-5-3-11(20-13)8-18-14(19)6-1-9-7-10(16)2-4-12(9)17/h2-5,7H,1,6,8H2,(H,18,19). The molecule has 0 saturated heterocycles. The molecule has 2 rings (SSSR count). The summed E-state index contributed by atoms with van der Waals surface area (Å²) in [6.07, 6.45) is 0.316. The minimum atomic E-state index is -0.495. The molecule has 1 heterocycles. The lowest BCUT2D eigenvalue weighted by Gasteiger charge is -2.05. The number of carbonyl (C=O) groups excluding carboxylic acids is 1. The Morgan fingerprint density at radius 1 is 1.25 bits per heavy atom. The zero-order chi connectivity index (χ0) is 14.5. The summed E-state index contributed by atoms with van der Waals surface area (Å²) < 4.78 is 27.3. The molecular weight excluding hydrogens is 348 g/mol. The van der Waals surface area contributed by atoms with E-state index in [4.69, 9.17) is 0 Å². The van der Waals surface area contributed by atoms with Gasteiger partial charge in [-0.15, -0.1) is 11.3 Å². The van der Waals surface area contributed by atoms with Gasteiger partial charge in [0, 0.05) is 11.3 Å². The van der Waals surface area contributed by atoms with Gasteiger partial charge in [-0.3, -0.25) is 4.79 Å². The van der Waals surface area contributed by atoms with E-state index in [1.54, 1.807) is 11.3 Å². The van der Waals surface area contributed by atoms with Gasteiger partial charge in [0.25, 0.3) is 0 Å². The molecule has 1 aromatic heterocycles. The third-order valence-corrected chi connectivity index (χ3v) is 4.34. The Hall–Kier alpha value is -1.27. The minimum Gasteiger partial charge on any atom is -0.351 e. The zero-order valence-electron chi connectivity index (χ0n) is 10.5. The Balaban J connectivity index is 1.81. The highest BCUT2D eigenvalue weighted by Crippen LogP contribution is 2.21. The number of hydrogen-bond acceptors (Lipinski definition) is 2. The quantitative estimate of drug-likeness (QED) is 0.857. The van der Waals surface area contributed by atoms with E-state index in [0.29, 0.717) is 6.54 Å². The van der Waals surface area contributed by atoms with Crippen LogP contribution in [0.2, 0.25) is 0 Å². The van der Waals surface area contributed by atoms with Gasteiger partial charge >= 0.3 is 0 Å². The van der Waals surface area contributed by atoms with Crippen LogP contribution in [0.3, 0.4) is 0 Å². The summed E-state index contributed by atoms with van der Waals surface area (Å²) >= 11 is 4.88. The maximum Gasteiger partial charge on any atom is 0.220 e. The lowest BCUT2D eigenvalue weighted by Crippen LogP contribution is -2.22. The SMILES string of the molecule is O=C(CCc1cc(F)ccc1F)NCc1ccc(Br)s1. The predicted octanol–water partition coefficient (Wildman–Crippen LogP) is 4.04. The molecule has 20 heavy (non-hydrogen) atoms. The number of amides is 1. The molecule has 0 fully saturated rings. The lowest BCUT2D eigenvalue weighted by atomic mass is 10.1. The van der Waals surface area contributed by atoms with Gasteiger partial charge in [0.05, 0.1) is 10.3 Å². The highest BCUT2D eigenvalue weighted by molar-refractivity contribution is 9.11. The molecule has 0 unspecified atom stereocenters. The van der Waals surface area contributed by atoms with E-state index < -0.39 is 11.6 Å². The second-order valence-corrected chi connectivity index (χ2v) is 6.77. The fraction of sp³-hybridized carbons (Fsp3) is 0.214. The molecule has 0 radical (unpaired) electrons. The monoisotopic (exact) mass is 359 g/mol. The minimum absolute atomic E-state index is 0.132. The first-order valence-corrected chi connectivity index (χ1v) is 7.60. The molecule has 6 heteroatoms. The first-order chi connectivity index (χ1) is 9.54. The van der Waals surface area contributed by atoms with Gasteiger partial charge in [-0.05, 0) is 58.2 Å². The van der Waals surface area contributed by atoms with Crippen molar-refractivity contribution >= 4 is 33.2 Å². The molecule has 1 aromatic carbocycles. The number of halogens is 3. The van der Waals surface area contributed by atoms with E-state index in [1.165, 1.54) is 0 Å². The average Bonchev–Trinajstić information content (AvgIpc) is 2.83. The number of nitrogens with one attached hydrogen (secondary N) is 1. The molecule has 1 N–H and O–H groups in total. The Morgan fingerprint density at radius 3 is 2.75 bits per heavy atom. The molecule has 0 bridgehead atoms. The zero-order valence-corrected chi connectivity index (χ0v) is 12.9. The van der Waals surface area contributed by atoms with Crippen molar-refractivity contribution < 1.29 is 13.6 Å². The van der Waals surface area contributed by atoms with Crippen LogP contribution in [-0.4, -0.2) is 5.91 Å². The Labute approximate surface area is 127 Å². The van der Waals surface area contributed by atoms with Crippen molar-refractivity contribution in [3.8, 4) is 0 Å². The van der Waals surface area contributed by atoms with E-state index in [1.807, 2.05) is 12.1 Å². The van der Waals surface area contributed by atoms with Gasteiger partial charge in [-0.2, -0.15) is 0 Å². The van der Waals surface area contributed by atoms with Crippen LogP contribution in [0.15, 0.2) is 34.1 Å². The summed E-state index contributed by atoms with van der Waals surface area (Å²) in [5.41, 5.74) is 0.221. The van der Waals surface area contributed by atoms with Crippen molar-refractivity contribution in [1.82, 2.24) is 5.32 Å². The van der Waals surface area contributed by atoms with Gasteiger partial charge in [-0.1, -0.05) is 0 Å². The second kappa shape index (κ2) is 6.95. The molecule has 0 aliphatic heterocycles. The highest BCUT2D eigenvalue weighted by atomic mass is 79.9. The third-order valence-electron chi connectivity index (χ3n) is 2.72. The topological polar surface area (TPSA) is 29.1 Å². The Morgan fingerprint density at radius 2 is 2.05 bits per heavy atom. The first-order valence-electron chi connectivity index (χ1n) is 5.99. The third kappa shape index (κ3) is 4.38. The van der Waals surface area contributed by atoms with Crippen molar-refractivity contribution in [1.29, 1.82) is 0 Å². The molecule has 0 saturated carbocycles. The van der Waals surface area contributed by atoms with Crippen molar-refractivity contribution in [3.63, 3.8) is 0 Å². The molecule has 0 atom stereocenters. The van der Waals surface area contributed by atoms with Crippen LogP contribution in [0.4, 0.5) is 8.78 Å². The van der Waals surface area contributed by atoms with Crippen LogP contribution in [0.25, 0.3) is 0 Å². The molecule has 2 aromatic rings. The van der Waals surface area contributed by atoms with Crippen LogP contribution < -0.4 is 5.32 Å². The van der Waals surface area contributed by atoms with Crippen molar-refractivity contribution in [2.45, 2.75) is 19.4 Å². The van der Waals surface area contributed by atoms with Crippen molar-refractivity contribution in [2.24, 2.45) is 0 Å². The maximum absolute atomic E-state index is 13.4. The van der Waals surface area contributed by atoms with Crippen molar-refractivity contribution in [3.05, 3.63) is 56.2 Å². The second-order valence-electron chi connectivity index (χ2n) is 4.22. The van der Waals surface area contributed by atoms with Gasteiger partial charge < -0.3 is 5.32 Å². The molecule has 106 valence electrons. The van der Waals surface area contributed by atoms with E-state index in [0.717, 1.165) is 26.9 Å². The van der Waals surface area contributed by atoms with E-state index in [9.17, 15) is 13.6 Å². The van der Waals surface area contributed by atoms with Crippen LogP contribution in [0, 0.1) is 11.6 Å². The molecule has 0 aliphatic carbocycles. The predicted molar refractivity (Wildman–Crippen MR) is 78.5 cm³/mol. The number of hydrogen-bond donors (Lipinski definition) is 1. The molecular formula is C14H12BrF2NOS. The fourth-order valence-corrected chi connectivity index (χ4v) is 3.13. The number of rotatable bonds is 5. The van der Waals surface area contributed by atoms with Crippen LogP contribution in [0.1, 0.15) is 16.9 Å². The summed E-state index contributed by atoms with van der Waals surface area (Å²) in [5.74, 6) is -1.16. The fourth-order valence-electron chi connectivity index (χ4n) is 1.70. The highest BCUT2D eigenvalue weighted by Gasteiger charge is 2.08. The summed E-state index contributed by atoms with van der Waals surface area (Å²) in [6.45, 7) is 0.445. The molecule has 0 spiro atoms. The van der Waals surface area contributed by atoms with Gasteiger partial charge in [-0.25, -0.2) is 8.78 Å². The Bertz CT molecular complexity index is 615. The number of aryl methyl sites for hydroxylation is 1. The summed E-state index contributed by atoms with van der Waals surface area (Å²) in [4.78, 5) is 12.7. The molecule has 1 amide bonds. The molecule has 2 nitrogen and oxygen atoms in total. The van der Waals surface area contributed by atoms with Crippen molar-refractivity contribution in [2.75, 3.05) is 0 Å². The summed E-state index contributed by atoms with van der Waals surface area (Å²) in [6, 6.07) is 7.09. The van der Waals surface area contributed by atoms with E-state index >= 15 is 0 Å². The summed E-state index contributed by atoms with van der Waals surface area (Å²) in [7, 11) is 0. The molecule has 0 aliphatic rings. The van der Waals surface area contributed by atoms with E-state index in [2.05, 4.69) is 21.2 Å². The first kappa shape index (κ1) is 15.1. The number of carbonyl (C=O) groups is 1. The van der Waals surface area contributed by atoms with Crippen LogP contribution in [-0.2, 0) is 17.8 Å². The number of benzene rings is 1. The van der Waals surface area contributed by atoms with Gasteiger partial charge in [0.2, 0.25) is 5.91 Å². The average molecular weight is 360 g/mol. The largest absolute Gasteiger partial charge is 0.351 e. The van der Waals surface area contributed by atoms with Crippen LogP contribution >= 0.6 is 27.3 Å². The smallest absolute Gasteiger partial charge is 0.220 e. The van der Waals surface area contributed by atoms with Gasteiger partial charge in [0.15, 0.2) is 0 Å². The lowest BCUT2D eigenvalue weighted by molar-refractivity contribution is -0.121. The van der Waals surface area contributed by atoms with E-state index in [-0.39, 0.29) is 24.3 Å². The van der Waals surface area contributed by atoms with Crippen LogP contribution in [0.5, 0.6) is 0 Å². The number of thiophene rings is 1. The Kier molecular flexibility index (Phi) is 5.25.